The zero-order valence-electron chi connectivity index (χ0n) is 10.4. The zero-order chi connectivity index (χ0) is 13.0. The maximum Gasteiger partial charge on any atom is 0.0603 e. The Morgan fingerprint density at radius 3 is 2.44 bits per heavy atom. The molecule has 2 aromatic carbocycles. The van der Waals surface area contributed by atoms with Gasteiger partial charge in [0, 0.05) is 17.6 Å². The molecule has 2 aromatic rings. The van der Waals surface area contributed by atoms with Crippen LogP contribution in [0.5, 0.6) is 0 Å². The molecule has 2 rings (SSSR count). The predicted octanol–water partition coefficient (Wildman–Crippen LogP) is 4.06. The summed E-state index contributed by atoms with van der Waals surface area (Å²) in [7, 11) is 0. The molecule has 94 valence electrons. The standard InChI is InChI=1S/C15H17BrN2/c1-2-18(11-12-6-4-3-5-7-12)15-9-8-13(16)10-14(15)17/h3-10H,2,11,17H2,1H3. The van der Waals surface area contributed by atoms with Crippen molar-refractivity contribution >= 4 is 27.3 Å². The first kappa shape index (κ1) is 13.0. The van der Waals surface area contributed by atoms with E-state index in [4.69, 9.17) is 5.73 Å². The molecule has 0 aromatic heterocycles. The molecule has 18 heavy (non-hydrogen) atoms. The van der Waals surface area contributed by atoms with E-state index in [1.165, 1.54) is 5.56 Å². The number of benzene rings is 2. The van der Waals surface area contributed by atoms with E-state index in [1.807, 2.05) is 18.2 Å². The molecule has 0 saturated carbocycles. The molecule has 0 atom stereocenters. The largest absolute Gasteiger partial charge is 0.397 e. The van der Waals surface area contributed by atoms with Crippen LogP contribution in [0.15, 0.2) is 53.0 Å². The van der Waals surface area contributed by atoms with Crippen molar-refractivity contribution in [3.63, 3.8) is 0 Å². The summed E-state index contributed by atoms with van der Waals surface area (Å²) >= 11 is 3.44. The molecule has 0 heterocycles. The Kier molecular flexibility index (Phi) is 4.26. The van der Waals surface area contributed by atoms with Gasteiger partial charge in [0.1, 0.15) is 0 Å². The van der Waals surface area contributed by atoms with E-state index in [2.05, 4.69) is 58.1 Å². The van der Waals surface area contributed by atoms with Crippen molar-refractivity contribution in [3.8, 4) is 0 Å². The average molecular weight is 305 g/mol. The monoisotopic (exact) mass is 304 g/mol. The Labute approximate surface area is 117 Å². The number of nitrogen functional groups attached to an aromatic ring is 1. The number of nitrogens with two attached hydrogens (primary N) is 1. The van der Waals surface area contributed by atoms with Gasteiger partial charge in [0.25, 0.3) is 0 Å². The van der Waals surface area contributed by atoms with Gasteiger partial charge in [0.15, 0.2) is 0 Å². The molecular weight excluding hydrogens is 288 g/mol. The average Bonchev–Trinajstić information content (AvgIpc) is 2.38. The van der Waals surface area contributed by atoms with E-state index in [9.17, 15) is 0 Å². The summed E-state index contributed by atoms with van der Waals surface area (Å²) < 4.78 is 1.01. The van der Waals surface area contributed by atoms with Gasteiger partial charge in [-0.2, -0.15) is 0 Å². The third kappa shape index (κ3) is 3.05. The third-order valence-corrected chi connectivity index (χ3v) is 3.42. The number of hydrogen-bond acceptors (Lipinski definition) is 2. The number of rotatable bonds is 4. The van der Waals surface area contributed by atoms with Gasteiger partial charge < -0.3 is 10.6 Å². The Bertz CT molecular complexity index is 511. The van der Waals surface area contributed by atoms with Crippen molar-refractivity contribution in [1.29, 1.82) is 0 Å². The molecule has 0 spiro atoms. The van der Waals surface area contributed by atoms with Crippen molar-refractivity contribution in [3.05, 3.63) is 58.6 Å². The van der Waals surface area contributed by atoms with Crippen molar-refractivity contribution in [2.24, 2.45) is 0 Å². The molecule has 0 radical (unpaired) electrons. The summed E-state index contributed by atoms with van der Waals surface area (Å²) in [5.41, 5.74) is 9.27. The fraction of sp³-hybridized carbons (Fsp3) is 0.200. The lowest BCUT2D eigenvalue weighted by atomic mass is 10.2. The summed E-state index contributed by atoms with van der Waals surface area (Å²) in [5.74, 6) is 0. The van der Waals surface area contributed by atoms with E-state index < -0.39 is 0 Å². The number of halogens is 1. The van der Waals surface area contributed by atoms with Gasteiger partial charge in [0.2, 0.25) is 0 Å². The molecule has 0 unspecified atom stereocenters. The van der Waals surface area contributed by atoms with Crippen molar-refractivity contribution in [2.75, 3.05) is 17.2 Å². The lowest BCUT2D eigenvalue weighted by molar-refractivity contribution is 0.833. The molecule has 0 aliphatic heterocycles. The van der Waals surface area contributed by atoms with Gasteiger partial charge in [-0.15, -0.1) is 0 Å². The molecule has 0 amide bonds. The molecule has 0 aliphatic rings. The molecular formula is C15H17BrN2. The first-order valence-electron chi connectivity index (χ1n) is 6.04. The minimum absolute atomic E-state index is 0.808. The maximum atomic E-state index is 6.08. The van der Waals surface area contributed by atoms with Gasteiger partial charge in [-0.05, 0) is 30.7 Å². The summed E-state index contributed by atoms with van der Waals surface area (Å²) in [4.78, 5) is 2.27. The van der Waals surface area contributed by atoms with Gasteiger partial charge >= 0.3 is 0 Å². The van der Waals surface area contributed by atoms with Crippen LogP contribution in [0.1, 0.15) is 12.5 Å². The minimum atomic E-state index is 0.808. The van der Waals surface area contributed by atoms with E-state index in [1.54, 1.807) is 0 Å². The van der Waals surface area contributed by atoms with Crippen molar-refractivity contribution in [1.82, 2.24) is 0 Å². The van der Waals surface area contributed by atoms with E-state index in [-0.39, 0.29) is 0 Å². The highest BCUT2D eigenvalue weighted by molar-refractivity contribution is 9.10. The summed E-state index contributed by atoms with van der Waals surface area (Å²) in [6.07, 6.45) is 0. The smallest absolute Gasteiger partial charge is 0.0603 e. The Morgan fingerprint density at radius 1 is 1.11 bits per heavy atom. The van der Waals surface area contributed by atoms with Crippen LogP contribution in [-0.4, -0.2) is 6.54 Å². The molecule has 0 bridgehead atoms. The van der Waals surface area contributed by atoms with Crippen molar-refractivity contribution < 1.29 is 0 Å². The summed E-state index contributed by atoms with van der Waals surface area (Å²) in [5, 5.41) is 0. The van der Waals surface area contributed by atoms with E-state index >= 15 is 0 Å². The number of nitrogens with zero attached hydrogens (tertiary/aromatic N) is 1. The first-order chi connectivity index (χ1) is 8.70. The molecule has 0 saturated heterocycles. The minimum Gasteiger partial charge on any atom is -0.397 e. The fourth-order valence-corrected chi connectivity index (χ4v) is 2.36. The molecule has 2 N–H and O–H groups in total. The highest BCUT2D eigenvalue weighted by Crippen LogP contribution is 2.27. The third-order valence-electron chi connectivity index (χ3n) is 2.93. The first-order valence-corrected chi connectivity index (χ1v) is 6.84. The topological polar surface area (TPSA) is 29.3 Å². The van der Waals surface area contributed by atoms with Gasteiger partial charge in [-0.1, -0.05) is 46.3 Å². The van der Waals surface area contributed by atoms with Gasteiger partial charge in [-0.3, -0.25) is 0 Å². The lowest BCUT2D eigenvalue weighted by Crippen LogP contribution is -2.22. The van der Waals surface area contributed by atoms with Crippen LogP contribution >= 0.6 is 15.9 Å². The number of anilines is 2. The highest BCUT2D eigenvalue weighted by Gasteiger charge is 2.08. The fourth-order valence-electron chi connectivity index (χ4n) is 1.98. The van der Waals surface area contributed by atoms with Crippen LogP contribution in [0.25, 0.3) is 0 Å². The second kappa shape index (κ2) is 5.91. The van der Waals surface area contributed by atoms with Gasteiger partial charge in [0.05, 0.1) is 11.4 Å². The normalized spacial score (nSPS) is 10.3. The molecule has 0 aliphatic carbocycles. The molecule has 0 fully saturated rings. The Balaban J connectivity index is 2.23. The zero-order valence-corrected chi connectivity index (χ0v) is 12.0. The van der Waals surface area contributed by atoms with Crippen molar-refractivity contribution in [2.45, 2.75) is 13.5 Å². The van der Waals surface area contributed by atoms with Crippen LogP contribution in [0.2, 0.25) is 0 Å². The van der Waals surface area contributed by atoms with Crippen LogP contribution in [-0.2, 0) is 6.54 Å². The molecule has 3 heteroatoms. The van der Waals surface area contributed by atoms with E-state index in [0.29, 0.717) is 0 Å². The van der Waals surface area contributed by atoms with Crippen LogP contribution in [0.4, 0.5) is 11.4 Å². The Hall–Kier alpha value is -1.48. The second-order valence-corrected chi connectivity index (χ2v) is 5.12. The second-order valence-electron chi connectivity index (χ2n) is 4.20. The quantitative estimate of drug-likeness (QED) is 0.863. The molecule has 2 nitrogen and oxygen atoms in total. The lowest BCUT2D eigenvalue weighted by Gasteiger charge is -2.24. The maximum absolute atomic E-state index is 6.08. The van der Waals surface area contributed by atoms with Crippen LogP contribution < -0.4 is 10.6 Å². The van der Waals surface area contributed by atoms with Crippen LogP contribution in [0, 0.1) is 0 Å². The predicted molar refractivity (Wildman–Crippen MR) is 81.7 cm³/mol. The SMILES string of the molecule is CCN(Cc1ccccc1)c1ccc(Br)cc1N. The summed E-state index contributed by atoms with van der Waals surface area (Å²) in [6.45, 7) is 3.95. The summed E-state index contributed by atoms with van der Waals surface area (Å²) in [6, 6.07) is 16.5. The number of hydrogen-bond donors (Lipinski definition) is 1. The van der Waals surface area contributed by atoms with Crippen LogP contribution in [0.3, 0.4) is 0 Å². The van der Waals surface area contributed by atoms with Gasteiger partial charge in [-0.25, -0.2) is 0 Å². The Morgan fingerprint density at radius 2 is 1.83 bits per heavy atom. The van der Waals surface area contributed by atoms with E-state index in [0.717, 1.165) is 28.9 Å². The highest BCUT2D eigenvalue weighted by atomic mass is 79.9.